The van der Waals surface area contributed by atoms with Crippen molar-refractivity contribution in [3.05, 3.63) is 70.7 Å². The third-order valence-corrected chi connectivity index (χ3v) is 4.74. The topological polar surface area (TPSA) is 38.3 Å². The van der Waals surface area contributed by atoms with Crippen molar-refractivity contribution in [2.75, 3.05) is 19.8 Å². The Morgan fingerprint density at radius 1 is 1.12 bits per heavy atom. The maximum Gasteiger partial charge on any atom is 0.231 e. The number of rotatable bonds is 3. The van der Waals surface area contributed by atoms with Crippen LogP contribution in [0.4, 0.5) is 0 Å². The van der Waals surface area contributed by atoms with Crippen molar-refractivity contribution < 1.29 is 9.53 Å². The number of carbonyl (C=O) groups excluding carboxylic acids is 1. The highest BCUT2D eigenvalue weighted by atomic mass is 35.5. The molecule has 25 heavy (non-hydrogen) atoms. The molecule has 0 bridgehead atoms. The van der Waals surface area contributed by atoms with Gasteiger partial charge in [-0.3, -0.25) is 4.79 Å². The van der Waals surface area contributed by atoms with Crippen molar-refractivity contribution in [1.29, 1.82) is 0 Å². The molecule has 0 spiro atoms. The van der Waals surface area contributed by atoms with Gasteiger partial charge in [0, 0.05) is 23.8 Å². The van der Waals surface area contributed by atoms with Gasteiger partial charge in [0.15, 0.2) is 0 Å². The van der Waals surface area contributed by atoms with Crippen LogP contribution in [-0.2, 0) is 14.9 Å². The quantitative estimate of drug-likeness (QED) is 0.857. The van der Waals surface area contributed by atoms with Crippen LogP contribution < -0.4 is 5.32 Å². The molecule has 1 amide bonds. The Labute approximate surface area is 153 Å². The van der Waals surface area contributed by atoms with E-state index in [-0.39, 0.29) is 5.91 Å². The van der Waals surface area contributed by atoms with E-state index >= 15 is 0 Å². The van der Waals surface area contributed by atoms with Crippen molar-refractivity contribution in [1.82, 2.24) is 5.32 Å². The Hall–Kier alpha value is -2.28. The van der Waals surface area contributed by atoms with E-state index in [1.165, 1.54) is 0 Å². The smallest absolute Gasteiger partial charge is 0.231 e. The Morgan fingerprint density at radius 3 is 2.60 bits per heavy atom. The fraction of sp³-hybridized carbons (Fsp3) is 0.286. The summed E-state index contributed by atoms with van der Waals surface area (Å²) in [5.41, 5.74) is 1.35. The molecular formula is C21H20ClNO2. The van der Waals surface area contributed by atoms with E-state index in [1.54, 1.807) is 6.07 Å². The molecule has 0 unspecified atom stereocenters. The molecule has 1 aliphatic rings. The van der Waals surface area contributed by atoms with Crippen molar-refractivity contribution in [2.45, 2.75) is 18.3 Å². The molecule has 2 aromatic rings. The van der Waals surface area contributed by atoms with Crippen LogP contribution in [0.5, 0.6) is 0 Å². The monoisotopic (exact) mass is 353 g/mol. The van der Waals surface area contributed by atoms with E-state index in [0.717, 1.165) is 11.1 Å². The highest BCUT2D eigenvalue weighted by molar-refractivity contribution is 6.30. The molecule has 4 heteroatoms. The maximum atomic E-state index is 12.9. The highest BCUT2D eigenvalue weighted by Gasteiger charge is 2.41. The van der Waals surface area contributed by atoms with Gasteiger partial charge in [-0.1, -0.05) is 59.8 Å². The van der Waals surface area contributed by atoms with Crippen molar-refractivity contribution in [3.8, 4) is 11.8 Å². The molecule has 1 aliphatic heterocycles. The number of hydrogen-bond acceptors (Lipinski definition) is 2. The minimum absolute atomic E-state index is 0.0161. The number of halogens is 1. The average molecular weight is 354 g/mol. The largest absolute Gasteiger partial charge is 0.381 e. The Bertz CT molecular complexity index is 786. The first-order valence-electron chi connectivity index (χ1n) is 8.37. The number of carbonyl (C=O) groups is 1. The first-order chi connectivity index (χ1) is 12.2. The summed E-state index contributed by atoms with van der Waals surface area (Å²) in [5.74, 6) is 6.03. The van der Waals surface area contributed by atoms with E-state index in [2.05, 4.69) is 17.2 Å². The molecule has 0 radical (unpaired) electrons. The Morgan fingerprint density at radius 2 is 1.88 bits per heavy atom. The number of amides is 1. The molecule has 1 fully saturated rings. The molecule has 0 saturated carbocycles. The first kappa shape index (κ1) is 17.5. The second kappa shape index (κ2) is 8.20. The van der Waals surface area contributed by atoms with Gasteiger partial charge in [0.1, 0.15) is 0 Å². The Balaban J connectivity index is 1.70. The van der Waals surface area contributed by atoms with E-state index in [1.807, 2.05) is 48.5 Å². The van der Waals surface area contributed by atoms with Crippen LogP contribution in [0, 0.1) is 11.8 Å². The fourth-order valence-electron chi connectivity index (χ4n) is 3.13. The summed E-state index contributed by atoms with van der Waals surface area (Å²) >= 11 is 5.95. The predicted molar refractivity (Wildman–Crippen MR) is 99.5 cm³/mol. The second-order valence-corrected chi connectivity index (χ2v) is 6.49. The first-order valence-corrected chi connectivity index (χ1v) is 8.74. The van der Waals surface area contributed by atoms with Crippen LogP contribution in [-0.4, -0.2) is 25.7 Å². The molecule has 3 rings (SSSR count). The number of hydrogen-bond donors (Lipinski definition) is 1. The van der Waals surface area contributed by atoms with Crippen LogP contribution in [0.2, 0.25) is 5.02 Å². The zero-order valence-electron chi connectivity index (χ0n) is 13.9. The van der Waals surface area contributed by atoms with Crippen LogP contribution >= 0.6 is 11.6 Å². The van der Waals surface area contributed by atoms with Gasteiger partial charge in [0.05, 0.1) is 12.0 Å². The van der Waals surface area contributed by atoms with Crippen LogP contribution in [0.15, 0.2) is 54.6 Å². The third kappa shape index (κ3) is 4.22. The molecule has 0 aromatic heterocycles. The summed E-state index contributed by atoms with van der Waals surface area (Å²) in [5, 5.41) is 3.63. The lowest BCUT2D eigenvalue weighted by Gasteiger charge is -2.36. The molecule has 1 heterocycles. The van der Waals surface area contributed by atoms with Gasteiger partial charge < -0.3 is 10.1 Å². The lowest BCUT2D eigenvalue weighted by Crippen LogP contribution is -2.48. The normalized spacial score (nSPS) is 15.7. The SMILES string of the molecule is O=C(NCC#Cc1cccc(Cl)c1)C1(c2ccccc2)CCOCC1. The highest BCUT2D eigenvalue weighted by Crippen LogP contribution is 2.35. The summed E-state index contributed by atoms with van der Waals surface area (Å²) in [7, 11) is 0. The predicted octanol–water partition coefficient (Wildman–Crippen LogP) is 3.56. The van der Waals surface area contributed by atoms with Crippen molar-refractivity contribution in [2.24, 2.45) is 0 Å². The van der Waals surface area contributed by atoms with Crippen molar-refractivity contribution >= 4 is 17.5 Å². The zero-order valence-corrected chi connectivity index (χ0v) is 14.7. The molecule has 0 aliphatic carbocycles. The Kier molecular flexibility index (Phi) is 5.75. The summed E-state index contributed by atoms with van der Waals surface area (Å²) in [4.78, 5) is 12.9. The van der Waals surface area contributed by atoms with Gasteiger partial charge in [-0.2, -0.15) is 0 Å². The molecule has 128 valence electrons. The van der Waals surface area contributed by atoms with E-state index in [0.29, 0.717) is 37.6 Å². The van der Waals surface area contributed by atoms with Gasteiger partial charge in [0.25, 0.3) is 0 Å². The number of nitrogens with one attached hydrogen (secondary N) is 1. The lowest BCUT2D eigenvalue weighted by atomic mass is 9.73. The molecular weight excluding hydrogens is 334 g/mol. The van der Waals surface area contributed by atoms with Gasteiger partial charge in [-0.25, -0.2) is 0 Å². The number of benzene rings is 2. The van der Waals surface area contributed by atoms with E-state index < -0.39 is 5.41 Å². The minimum Gasteiger partial charge on any atom is -0.381 e. The van der Waals surface area contributed by atoms with Crippen LogP contribution in [0.1, 0.15) is 24.0 Å². The third-order valence-electron chi connectivity index (χ3n) is 4.50. The molecule has 1 saturated heterocycles. The molecule has 2 aromatic carbocycles. The number of ether oxygens (including phenoxy) is 1. The van der Waals surface area contributed by atoms with E-state index in [4.69, 9.17) is 16.3 Å². The fourth-order valence-corrected chi connectivity index (χ4v) is 3.32. The summed E-state index contributed by atoms with van der Waals surface area (Å²) < 4.78 is 5.47. The van der Waals surface area contributed by atoms with Crippen LogP contribution in [0.3, 0.4) is 0 Å². The second-order valence-electron chi connectivity index (χ2n) is 6.06. The van der Waals surface area contributed by atoms with Crippen LogP contribution in [0.25, 0.3) is 0 Å². The summed E-state index contributed by atoms with van der Waals surface area (Å²) in [6.07, 6.45) is 1.37. The average Bonchev–Trinajstić information content (AvgIpc) is 2.66. The maximum absolute atomic E-state index is 12.9. The molecule has 3 nitrogen and oxygen atoms in total. The van der Waals surface area contributed by atoms with Gasteiger partial charge in [0.2, 0.25) is 5.91 Å². The summed E-state index contributed by atoms with van der Waals surface area (Å²) in [6.45, 7) is 1.49. The van der Waals surface area contributed by atoms with Gasteiger partial charge >= 0.3 is 0 Å². The molecule has 1 N–H and O–H groups in total. The van der Waals surface area contributed by atoms with Gasteiger partial charge in [-0.05, 0) is 36.6 Å². The molecule has 0 atom stereocenters. The zero-order chi connectivity index (χ0) is 17.5. The van der Waals surface area contributed by atoms with Crippen molar-refractivity contribution in [3.63, 3.8) is 0 Å². The van der Waals surface area contributed by atoms with Gasteiger partial charge in [-0.15, -0.1) is 0 Å². The lowest BCUT2D eigenvalue weighted by molar-refractivity contribution is -0.130. The standard InChI is InChI=1S/C21H20ClNO2/c22-19-10-4-6-17(16-19)7-5-13-23-20(24)21(11-14-25-15-12-21)18-8-2-1-3-9-18/h1-4,6,8-10,16H,11-15H2,(H,23,24). The van der Waals surface area contributed by atoms with E-state index in [9.17, 15) is 4.79 Å². The minimum atomic E-state index is -0.531. The summed E-state index contributed by atoms with van der Waals surface area (Å²) in [6, 6.07) is 17.3.